The molecule has 10 heteroatoms. The fourth-order valence-corrected chi connectivity index (χ4v) is 6.08. The second-order valence-electron chi connectivity index (χ2n) is 7.68. The zero-order valence-corrected chi connectivity index (χ0v) is 21.3. The second kappa shape index (κ2) is 9.61. The minimum Gasteiger partial charge on any atom is -0.372 e. The van der Waals surface area contributed by atoms with Crippen LogP contribution in [0.5, 0.6) is 0 Å². The van der Waals surface area contributed by atoms with E-state index in [2.05, 4.69) is 18.7 Å². The van der Waals surface area contributed by atoms with Gasteiger partial charge in [0, 0.05) is 45.5 Å². The Kier molecular flexibility index (Phi) is 7.46. The molecule has 1 aliphatic rings. The fraction of sp³-hybridized carbons (Fsp3) is 0.409. The minimum atomic E-state index is -3.75. The van der Waals surface area contributed by atoms with Gasteiger partial charge < -0.3 is 14.9 Å². The average molecular weight is 497 g/mol. The highest BCUT2D eigenvalue weighted by Crippen LogP contribution is 2.40. The molecule has 0 radical (unpaired) electrons. The summed E-state index contributed by atoms with van der Waals surface area (Å²) in [4.78, 5) is 8.60. The van der Waals surface area contributed by atoms with Crippen molar-refractivity contribution in [3.63, 3.8) is 0 Å². The first-order chi connectivity index (χ1) is 15.0. The summed E-state index contributed by atoms with van der Waals surface area (Å²) in [6.45, 7) is 6.11. The number of anilines is 1. The van der Waals surface area contributed by atoms with E-state index in [0.717, 1.165) is 28.8 Å². The standard InChI is InChI=1S/C22H29ClN4O3S2/c1-6-27(7-2)18-11-9-17(10-12-18)24-21-26(5)22(28,15-31-21)16-8-13-19(23)20(14-16)32(29,30)25(3)4/h8-14,28H,6-7,15H2,1-5H3. The number of thioether (sulfide) groups is 1. The summed E-state index contributed by atoms with van der Waals surface area (Å²) in [5.74, 6) is 0.308. The van der Waals surface area contributed by atoms with Crippen LogP contribution in [0.3, 0.4) is 0 Å². The summed E-state index contributed by atoms with van der Waals surface area (Å²) in [6.07, 6.45) is 0. The summed E-state index contributed by atoms with van der Waals surface area (Å²) in [6, 6.07) is 12.6. The first-order valence-corrected chi connectivity index (χ1v) is 13.1. The number of hydrogen-bond acceptors (Lipinski definition) is 6. The molecule has 0 aliphatic carbocycles. The zero-order valence-electron chi connectivity index (χ0n) is 18.9. The summed E-state index contributed by atoms with van der Waals surface area (Å²) in [5.41, 5.74) is 0.954. The predicted molar refractivity (Wildman–Crippen MR) is 134 cm³/mol. The molecule has 2 aromatic rings. The molecule has 1 N–H and O–H groups in total. The van der Waals surface area contributed by atoms with E-state index in [1.807, 2.05) is 24.3 Å². The smallest absolute Gasteiger partial charge is 0.244 e. The Hall–Kier alpha value is -1.78. The van der Waals surface area contributed by atoms with Crippen LogP contribution in [0, 0.1) is 0 Å². The average Bonchev–Trinajstić information content (AvgIpc) is 3.05. The highest BCUT2D eigenvalue weighted by molar-refractivity contribution is 8.14. The molecule has 7 nitrogen and oxygen atoms in total. The molecule has 1 aliphatic heterocycles. The number of nitrogens with zero attached hydrogens (tertiary/aromatic N) is 4. The van der Waals surface area contributed by atoms with Crippen molar-refractivity contribution >= 4 is 49.9 Å². The van der Waals surface area contributed by atoms with E-state index >= 15 is 0 Å². The summed E-state index contributed by atoms with van der Waals surface area (Å²) in [7, 11) is 0.888. The van der Waals surface area contributed by atoms with Gasteiger partial charge in [-0.2, -0.15) is 0 Å². The molecule has 0 amide bonds. The summed E-state index contributed by atoms with van der Waals surface area (Å²) >= 11 is 7.58. The number of hydrogen-bond donors (Lipinski definition) is 1. The number of benzene rings is 2. The van der Waals surface area contributed by atoms with E-state index in [0.29, 0.717) is 16.5 Å². The Balaban J connectivity index is 1.91. The van der Waals surface area contributed by atoms with Gasteiger partial charge in [-0.05, 0) is 50.2 Å². The number of sulfonamides is 1. The van der Waals surface area contributed by atoms with Gasteiger partial charge in [0.05, 0.1) is 16.5 Å². The van der Waals surface area contributed by atoms with Crippen LogP contribution in [-0.2, 0) is 15.7 Å². The van der Waals surface area contributed by atoms with Crippen LogP contribution in [0.15, 0.2) is 52.4 Å². The van der Waals surface area contributed by atoms with Gasteiger partial charge in [0.1, 0.15) is 4.90 Å². The van der Waals surface area contributed by atoms with Crippen LogP contribution in [0.25, 0.3) is 0 Å². The Labute approximate surface area is 199 Å². The van der Waals surface area contributed by atoms with Gasteiger partial charge in [0.25, 0.3) is 0 Å². The monoisotopic (exact) mass is 496 g/mol. The first kappa shape index (κ1) is 24.9. The third kappa shape index (κ3) is 4.63. The summed E-state index contributed by atoms with van der Waals surface area (Å²) < 4.78 is 26.4. The summed E-state index contributed by atoms with van der Waals surface area (Å²) in [5, 5.41) is 12.2. The number of aliphatic hydroxyl groups is 1. The van der Waals surface area contributed by atoms with Crippen LogP contribution in [0.1, 0.15) is 19.4 Å². The lowest BCUT2D eigenvalue weighted by molar-refractivity contribution is -0.0349. The molecule has 0 saturated carbocycles. The van der Waals surface area contributed by atoms with E-state index in [1.54, 1.807) is 18.0 Å². The van der Waals surface area contributed by atoms with E-state index in [9.17, 15) is 13.5 Å². The van der Waals surface area contributed by atoms with Crippen molar-refractivity contribution in [3.8, 4) is 0 Å². The van der Waals surface area contributed by atoms with Crippen molar-refractivity contribution < 1.29 is 13.5 Å². The Morgan fingerprint density at radius 3 is 2.34 bits per heavy atom. The molecule has 1 unspecified atom stereocenters. The van der Waals surface area contributed by atoms with Crippen LogP contribution < -0.4 is 4.90 Å². The maximum atomic E-state index is 12.6. The third-order valence-electron chi connectivity index (χ3n) is 5.60. The molecule has 1 atom stereocenters. The molecule has 0 bridgehead atoms. The quantitative estimate of drug-likeness (QED) is 0.625. The Morgan fingerprint density at radius 1 is 1.16 bits per heavy atom. The molecule has 32 heavy (non-hydrogen) atoms. The zero-order chi connectivity index (χ0) is 23.7. The van der Waals surface area contributed by atoms with Crippen molar-refractivity contribution in [1.82, 2.24) is 9.21 Å². The molecular formula is C22H29ClN4O3S2. The van der Waals surface area contributed by atoms with Crippen LogP contribution in [-0.4, -0.2) is 67.9 Å². The minimum absolute atomic E-state index is 0.0362. The first-order valence-electron chi connectivity index (χ1n) is 10.3. The van der Waals surface area contributed by atoms with Crippen LogP contribution >= 0.6 is 23.4 Å². The molecule has 3 rings (SSSR count). The normalized spacial score (nSPS) is 20.4. The lowest BCUT2D eigenvalue weighted by Gasteiger charge is -2.31. The van der Waals surface area contributed by atoms with E-state index in [1.165, 1.54) is 38.0 Å². The van der Waals surface area contributed by atoms with E-state index in [4.69, 9.17) is 16.6 Å². The lowest BCUT2D eigenvalue weighted by Crippen LogP contribution is -2.42. The second-order valence-corrected chi connectivity index (χ2v) is 11.1. The Bertz CT molecular complexity index is 1100. The van der Waals surface area contributed by atoms with E-state index in [-0.39, 0.29) is 9.92 Å². The van der Waals surface area contributed by atoms with Gasteiger partial charge >= 0.3 is 0 Å². The Morgan fingerprint density at radius 2 is 1.78 bits per heavy atom. The maximum absolute atomic E-state index is 12.6. The molecule has 174 valence electrons. The van der Waals surface area contributed by atoms with Gasteiger partial charge in [0.15, 0.2) is 10.9 Å². The highest BCUT2D eigenvalue weighted by atomic mass is 35.5. The van der Waals surface area contributed by atoms with Gasteiger partial charge in [-0.3, -0.25) is 0 Å². The number of halogens is 1. The molecule has 1 fully saturated rings. The lowest BCUT2D eigenvalue weighted by atomic mass is 10.0. The van der Waals surface area contributed by atoms with Gasteiger partial charge in [0.2, 0.25) is 10.0 Å². The van der Waals surface area contributed by atoms with Crippen molar-refractivity contribution in [2.45, 2.75) is 24.5 Å². The largest absolute Gasteiger partial charge is 0.372 e. The SMILES string of the molecule is CCN(CC)c1ccc(N=C2SCC(O)(c3ccc(Cl)c(S(=O)(=O)N(C)C)c3)N2C)cc1. The highest BCUT2D eigenvalue weighted by Gasteiger charge is 2.43. The number of rotatable bonds is 7. The van der Waals surface area contributed by atoms with Gasteiger partial charge in [-0.25, -0.2) is 17.7 Å². The number of amidine groups is 1. The maximum Gasteiger partial charge on any atom is 0.244 e. The molecule has 1 saturated heterocycles. The van der Waals surface area contributed by atoms with E-state index < -0.39 is 15.7 Å². The van der Waals surface area contributed by atoms with Gasteiger partial charge in [-0.15, -0.1) is 0 Å². The molecule has 0 spiro atoms. The molecule has 2 aromatic carbocycles. The van der Waals surface area contributed by atoms with Gasteiger partial charge in [-0.1, -0.05) is 29.4 Å². The van der Waals surface area contributed by atoms with Crippen LogP contribution in [0.2, 0.25) is 5.02 Å². The third-order valence-corrected chi connectivity index (χ3v) is 9.07. The molecule has 0 aromatic heterocycles. The number of aliphatic imine (C=N–C) groups is 1. The topological polar surface area (TPSA) is 76.4 Å². The van der Waals surface area contributed by atoms with Crippen LogP contribution in [0.4, 0.5) is 11.4 Å². The van der Waals surface area contributed by atoms with Crippen molar-refractivity contribution in [2.24, 2.45) is 4.99 Å². The van der Waals surface area contributed by atoms with Crippen molar-refractivity contribution in [2.75, 3.05) is 44.9 Å². The fourth-order valence-electron chi connectivity index (χ4n) is 3.49. The van der Waals surface area contributed by atoms with Crippen molar-refractivity contribution in [1.29, 1.82) is 0 Å². The molecular weight excluding hydrogens is 468 g/mol. The van der Waals surface area contributed by atoms with Crippen molar-refractivity contribution in [3.05, 3.63) is 53.1 Å². The predicted octanol–water partition coefficient (Wildman–Crippen LogP) is 3.95. The molecule has 1 heterocycles.